The van der Waals surface area contributed by atoms with Crippen LogP contribution in [0.3, 0.4) is 0 Å². The normalized spacial score (nSPS) is 10.9. The topological polar surface area (TPSA) is 20.2 Å². The van der Waals surface area contributed by atoms with Gasteiger partial charge in [-0.1, -0.05) is 17.6 Å². The smallest absolute Gasteiger partial charge is 0.445 e. The molecule has 0 saturated carbocycles. The maximum Gasteiger partial charge on any atom is 1.00 e. The number of hydrogen-bond donors (Lipinski definition) is 1. The Morgan fingerprint density at radius 3 is 2.21 bits per heavy atom. The van der Waals surface area contributed by atoms with Crippen molar-refractivity contribution >= 4 is 12.4 Å². The van der Waals surface area contributed by atoms with Gasteiger partial charge in [-0.15, -0.1) is 0 Å². The monoisotopic (exact) mass is 232 g/mol. The van der Waals surface area contributed by atoms with E-state index in [4.69, 9.17) is 5.11 Å². The summed E-state index contributed by atoms with van der Waals surface area (Å²) < 4.78 is 48.9. The average molecular weight is 232 g/mol. The van der Waals surface area contributed by atoms with Gasteiger partial charge in [-0.2, -0.15) is 0 Å². The number of benzene rings is 1. The molecule has 1 nitrogen and oxygen atoms in total. The summed E-state index contributed by atoms with van der Waals surface area (Å²) >= 11 is 0. The Hall–Kier alpha value is 0.601. The molecule has 72 valence electrons. The molecule has 0 heterocycles. The van der Waals surface area contributed by atoms with Gasteiger partial charge in [-0.3, -0.25) is 0 Å². The molecule has 0 fully saturated rings. The van der Waals surface area contributed by atoms with Crippen molar-refractivity contribution in [2.45, 2.75) is 6.61 Å². The summed E-state index contributed by atoms with van der Waals surface area (Å²) in [6, 6.07) is 2.44. The van der Waals surface area contributed by atoms with Crippen molar-refractivity contribution in [1.82, 2.24) is 0 Å². The van der Waals surface area contributed by atoms with Gasteiger partial charge in [0.15, 0.2) is 0 Å². The van der Waals surface area contributed by atoms with Gasteiger partial charge in [0.1, 0.15) is 0 Å². The van der Waals surface area contributed by atoms with Crippen molar-refractivity contribution in [2.24, 2.45) is 0 Å². The Morgan fingerprint density at radius 1 is 1.21 bits per heavy atom. The molecule has 0 aromatic heterocycles. The van der Waals surface area contributed by atoms with Crippen LogP contribution in [0, 0.1) is 5.82 Å². The van der Waals surface area contributed by atoms with Crippen molar-refractivity contribution < 1.29 is 73.8 Å². The summed E-state index contributed by atoms with van der Waals surface area (Å²) in [7, 11) is 0. The van der Waals surface area contributed by atoms with Crippen molar-refractivity contribution in [1.29, 1.82) is 0 Å². The Kier molecular flexibility index (Phi) is 5.86. The van der Waals surface area contributed by atoms with Crippen LogP contribution in [0.25, 0.3) is 0 Å². The number of aliphatic hydroxyl groups excluding tert-OH is 1. The summed E-state index contributed by atoms with van der Waals surface area (Å²) in [5.41, 5.74) is -1.23. The molecule has 1 aromatic rings. The molecule has 0 spiro atoms. The van der Waals surface area contributed by atoms with Gasteiger partial charge in [0.2, 0.25) is 0 Å². The minimum absolute atomic E-state index is 0. The van der Waals surface area contributed by atoms with Gasteiger partial charge in [0.05, 0.1) is 12.4 Å². The largest absolute Gasteiger partial charge is 1.00 e. The third-order valence-electron chi connectivity index (χ3n) is 1.60. The van der Waals surface area contributed by atoms with E-state index in [0.717, 1.165) is 6.07 Å². The molecular weight excluding hydrogens is 226 g/mol. The van der Waals surface area contributed by atoms with Crippen LogP contribution in [-0.2, 0) is 6.61 Å². The maximum atomic E-state index is 12.6. The van der Waals surface area contributed by atoms with Crippen LogP contribution in [0.2, 0.25) is 0 Å². The van der Waals surface area contributed by atoms with Crippen LogP contribution < -0.4 is 56.8 Å². The van der Waals surface area contributed by atoms with Gasteiger partial charge >= 0.3 is 58.4 Å². The number of hydrogen-bond acceptors (Lipinski definition) is 1. The SMILES string of the molecule is OCc1ccc(F)c([B-](F)(F)F)c1.[K+]. The first-order valence-corrected chi connectivity index (χ1v) is 3.54. The number of aliphatic hydroxyl groups is 1. The average Bonchev–Trinajstić information content (AvgIpc) is 2.03. The van der Waals surface area contributed by atoms with E-state index in [9.17, 15) is 17.3 Å². The van der Waals surface area contributed by atoms with Gasteiger partial charge < -0.3 is 18.1 Å². The second-order valence-corrected chi connectivity index (χ2v) is 2.59. The van der Waals surface area contributed by atoms with Crippen molar-refractivity contribution in [3.8, 4) is 0 Å². The third-order valence-corrected chi connectivity index (χ3v) is 1.60. The van der Waals surface area contributed by atoms with Crippen LogP contribution >= 0.6 is 0 Å². The summed E-state index contributed by atoms with van der Waals surface area (Å²) in [6.07, 6.45) is 0. The minimum Gasteiger partial charge on any atom is -0.445 e. The van der Waals surface area contributed by atoms with Gasteiger partial charge in [-0.05, 0) is 11.6 Å². The molecule has 1 aromatic carbocycles. The first kappa shape index (κ1) is 14.6. The van der Waals surface area contributed by atoms with Gasteiger partial charge in [0, 0.05) is 0 Å². The predicted octanol–water partition coefficient (Wildman–Crippen LogP) is -1.62. The van der Waals surface area contributed by atoms with Crippen LogP contribution in [0.4, 0.5) is 17.3 Å². The van der Waals surface area contributed by atoms with E-state index in [-0.39, 0.29) is 56.9 Å². The molecule has 0 saturated heterocycles. The number of rotatable bonds is 2. The molecule has 1 N–H and O–H groups in total. The molecule has 1 rings (SSSR count). The summed E-state index contributed by atoms with van der Waals surface area (Å²) in [6.45, 7) is -5.87. The molecule has 0 aliphatic heterocycles. The second-order valence-electron chi connectivity index (χ2n) is 2.59. The summed E-state index contributed by atoms with van der Waals surface area (Å²) in [5.74, 6) is -1.30. The van der Waals surface area contributed by atoms with Gasteiger partial charge in [0.25, 0.3) is 0 Å². The molecule has 0 bridgehead atoms. The fraction of sp³-hybridized carbons (Fsp3) is 0.143. The second kappa shape index (κ2) is 5.62. The quantitative estimate of drug-likeness (QED) is 0.480. The zero-order chi connectivity index (χ0) is 10.1. The van der Waals surface area contributed by atoms with E-state index in [0.29, 0.717) is 12.1 Å². The van der Waals surface area contributed by atoms with E-state index in [1.165, 1.54) is 0 Å². The summed E-state index contributed by atoms with van der Waals surface area (Å²) in [5, 5.41) is 8.54. The van der Waals surface area contributed by atoms with Gasteiger partial charge in [-0.25, -0.2) is 4.39 Å². The molecule has 0 aliphatic rings. The standard InChI is InChI=1S/C7H6BF4O.K/c9-7-2-1-5(4-13)3-6(7)8(10,11)12;/h1-3,13H,4H2;/q-1;+1. The number of halogens is 4. The first-order chi connectivity index (χ1) is 5.95. The maximum absolute atomic E-state index is 12.6. The molecule has 0 amide bonds. The van der Waals surface area contributed by atoms with Crippen molar-refractivity contribution in [3.63, 3.8) is 0 Å². The third kappa shape index (κ3) is 3.63. The first-order valence-electron chi connectivity index (χ1n) is 3.54. The van der Waals surface area contributed by atoms with Crippen LogP contribution in [0.5, 0.6) is 0 Å². The minimum atomic E-state index is -5.34. The Labute approximate surface area is 121 Å². The van der Waals surface area contributed by atoms with Crippen LogP contribution in [0.1, 0.15) is 5.56 Å². The Morgan fingerprint density at radius 2 is 1.79 bits per heavy atom. The molecule has 0 unspecified atom stereocenters. The van der Waals surface area contributed by atoms with E-state index in [1.54, 1.807) is 0 Å². The molecule has 14 heavy (non-hydrogen) atoms. The van der Waals surface area contributed by atoms with Crippen molar-refractivity contribution in [2.75, 3.05) is 0 Å². The molecular formula is C7H6BF4KO. The van der Waals surface area contributed by atoms with E-state index < -0.39 is 24.9 Å². The molecule has 0 atom stereocenters. The fourth-order valence-electron chi connectivity index (χ4n) is 0.942. The van der Waals surface area contributed by atoms with Crippen LogP contribution in [-0.4, -0.2) is 12.1 Å². The van der Waals surface area contributed by atoms with E-state index >= 15 is 0 Å². The van der Waals surface area contributed by atoms with E-state index in [1.807, 2.05) is 0 Å². The zero-order valence-electron chi connectivity index (χ0n) is 7.48. The molecule has 7 heteroatoms. The molecule has 0 radical (unpaired) electrons. The van der Waals surface area contributed by atoms with Crippen LogP contribution in [0.15, 0.2) is 18.2 Å². The Bertz CT molecular complexity index is 315. The van der Waals surface area contributed by atoms with E-state index in [2.05, 4.69) is 0 Å². The molecule has 0 aliphatic carbocycles. The fourth-order valence-corrected chi connectivity index (χ4v) is 0.942. The predicted molar refractivity (Wildman–Crippen MR) is 41.0 cm³/mol. The zero-order valence-corrected chi connectivity index (χ0v) is 10.6. The van der Waals surface area contributed by atoms with Crippen molar-refractivity contribution in [3.05, 3.63) is 29.6 Å². The Balaban J connectivity index is 0.00000169. The summed E-state index contributed by atoms with van der Waals surface area (Å²) in [4.78, 5) is 0.